The highest BCUT2D eigenvalue weighted by Crippen LogP contribution is 2.33. The van der Waals surface area contributed by atoms with Crippen LogP contribution in [0.4, 0.5) is 4.39 Å². The number of rotatable bonds is 4. The van der Waals surface area contributed by atoms with E-state index < -0.39 is 0 Å². The fourth-order valence-corrected chi connectivity index (χ4v) is 3.20. The van der Waals surface area contributed by atoms with Gasteiger partial charge in [-0.3, -0.25) is 4.40 Å². The standard InChI is InChI=1S/C14H13BrFN3OS/c1-8(17)6-11-13(18-14-19(11)4-5-21-14)20-12-3-2-9(16)7-10(12)15/h2-5,7-8H,6,17H2,1H3. The molecular formula is C14H13BrFN3OS. The predicted molar refractivity (Wildman–Crippen MR) is 84.6 cm³/mol. The van der Waals surface area contributed by atoms with Gasteiger partial charge in [-0.25, -0.2) is 4.39 Å². The maximum atomic E-state index is 13.1. The number of hydrogen-bond acceptors (Lipinski definition) is 4. The third kappa shape index (κ3) is 2.95. The zero-order valence-corrected chi connectivity index (χ0v) is 13.6. The first-order valence-corrected chi connectivity index (χ1v) is 8.05. The Balaban J connectivity index is 2.01. The lowest BCUT2D eigenvalue weighted by atomic mass is 10.2. The second-order valence-electron chi connectivity index (χ2n) is 4.78. The number of hydrogen-bond donors (Lipinski definition) is 1. The molecule has 0 aliphatic carbocycles. The summed E-state index contributed by atoms with van der Waals surface area (Å²) < 4.78 is 21.5. The molecule has 3 rings (SSSR count). The van der Waals surface area contributed by atoms with Gasteiger partial charge in [0, 0.05) is 24.0 Å². The molecule has 21 heavy (non-hydrogen) atoms. The van der Waals surface area contributed by atoms with Crippen LogP contribution in [0.3, 0.4) is 0 Å². The average Bonchev–Trinajstić information content (AvgIpc) is 2.96. The maximum Gasteiger partial charge on any atom is 0.242 e. The van der Waals surface area contributed by atoms with Crippen LogP contribution in [0.25, 0.3) is 4.96 Å². The summed E-state index contributed by atoms with van der Waals surface area (Å²) in [5.74, 6) is 0.704. The van der Waals surface area contributed by atoms with Crippen molar-refractivity contribution < 1.29 is 9.13 Å². The van der Waals surface area contributed by atoms with Crippen LogP contribution in [0.2, 0.25) is 0 Å². The molecule has 2 heterocycles. The van der Waals surface area contributed by atoms with Crippen molar-refractivity contribution in [3.8, 4) is 11.6 Å². The fraction of sp³-hybridized carbons (Fsp3) is 0.214. The van der Waals surface area contributed by atoms with E-state index in [0.717, 1.165) is 10.7 Å². The van der Waals surface area contributed by atoms with Crippen LogP contribution >= 0.6 is 27.3 Å². The molecule has 2 N–H and O–H groups in total. The summed E-state index contributed by atoms with van der Waals surface area (Å²) in [5, 5.41) is 1.96. The smallest absolute Gasteiger partial charge is 0.242 e. The van der Waals surface area contributed by atoms with E-state index in [4.69, 9.17) is 10.5 Å². The van der Waals surface area contributed by atoms with Crippen LogP contribution in [0.1, 0.15) is 12.6 Å². The zero-order valence-electron chi connectivity index (χ0n) is 11.2. The normalized spacial score (nSPS) is 12.8. The maximum absolute atomic E-state index is 13.1. The Morgan fingerprint density at radius 3 is 3.05 bits per heavy atom. The van der Waals surface area contributed by atoms with Crippen LogP contribution in [0.15, 0.2) is 34.2 Å². The topological polar surface area (TPSA) is 52.5 Å². The average molecular weight is 370 g/mol. The lowest BCUT2D eigenvalue weighted by molar-refractivity contribution is 0.452. The molecule has 0 aliphatic heterocycles. The molecule has 110 valence electrons. The zero-order chi connectivity index (χ0) is 15.0. The van der Waals surface area contributed by atoms with Gasteiger partial charge in [-0.15, -0.1) is 11.3 Å². The Morgan fingerprint density at radius 2 is 2.33 bits per heavy atom. The van der Waals surface area contributed by atoms with Crippen molar-refractivity contribution in [3.63, 3.8) is 0 Å². The van der Waals surface area contributed by atoms with Gasteiger partial charge in [0.15, 0.2) is 4.96 Å². The molecule has 0 saturated carbocycles. The van der Waals surface area contributed by atoms with Gasteiger partial charge >= 0.3 is 0 Å². The number of thiazole rings is 1. The number of halogens is 2. The van der Waals surface area contributed by atoms with Crippen molar-refractivity contribution >= 4 is 32.2 Å². The molecule has 0 aliphatic rings. The lowest BCUT2D eigenvalue weighted by Crippen LogP contribution is -2.19. The van der Waals surface area contributed by atoms with Gasteiger partial charge in [-0.05, 0) is 41.1 Å². The quantitative estimate of drug-likeness (QED) is 0.756. The van der Waals surface area contributed by atoms with E-state index in [9.17, 15) is 4.39 Å². The monoisotopic (exact) mass is 369 g/mol. The van der Waals surface area contributed by atoms with Crippen molar-refractivity contribution in [2.75, 3.05) is 0 Å². The molecule has 4 nitrogen and oxygen atoms in total. The van der Waals surface area contributed by atoms with Crippen molar-refractivity contribution in [2.24, 2.45) is 5.73 Å². The summed E-state index contributed by atoms with van der Waals surface area (Å²) in [7, 11) is 0. The first-order valence-electron chi connectivity index (χ1n) is 6.37. The number of nitrogens with two attached hydrogens (primary N) is 1. The highest BCUT2D eigenvalue weighted by molar-refractivity contribution is 9.10. The molecular weight excluding hydrogens is 357 g/mol. The van der Waals surface area contributed by atoms with Crippen LogP contribution in [0.5, 0.6) is 11.6 Å². The van der Waals surface area contributed by atoms with Crippen LogP contribution in [-0.2, 0) is 6.42 Å². The minimum Gasteiger partial charge on any atom is -0.436 e. The summed E-state index contributed by atoms with van der Waals surface area (Å²) in [4.78, 5) is 5.32. The van der Waals surface area contributed by atoms with E-state index in [1.165, 1.54) is 23.5 Å². The molecule has 7 heteroatoms. The molecule has 1 unspecified atom stereocenters. The van der Waals surface area contributed by atoms with E-state index in [2.05, 4.69) is 20.9 Å². The van der Waals surface area contributed by atoms with Gasteiger partial charge in [-0.1, -0.05) is 0 Å². The van der Waals surface area contributed by atoms with E-state index >= 15 is 0 Å². The van der Waals surface area contributed by atoms with Gasteiger partial charge in [0.05, 0.1) is 10.2 Å². The van der Waals surface area contributed by atoms with E-state index in [0.29, 0.717) is 22.5 Å². The van der Waals surface area contributed by atoms with Crippen molar-refractivity contribution in [2.45, 2.75) is 19.4 Å². The summed E-state index contributed by atoms with van der Waals surface area (Å²) in [6, 6.07) is 4.27. The Labute approximate surface area is 133 Å². The Hall–Kier alpha value is -1.44. The van der Waals surface area contributed by atoms with Crippen LogP contribution < -0.4 is 10.5 Å². The molecule has 2 aromatic heterocycles. The predicted octanol–water partition coefficient (Wildman–Crippen LogP) is 3.98. The van der Waals surface area contributed by atoms with Gasteiger partial charge in [0.2, 0.25) is 5.88 Å². The molecule has 0 bridgehead atoms. The first kappa shape index (κ1) is 14.5. The Morgan fingerprint density at radius 1 is 1.52 bits per heavy atom. The molecule has 0 amide bonds. The number of benzene rings is 1. The number of ether oxygens (including phenoxy) is 1. The third-order valence-corrected chi connectivity index (χ3v) is 4.32. The van der Waals surface area contributed by atoms with Gasteiger partial charge < -0.3 is 10.5 Å². The second kappa shape index (κ2) is 5.75. The molecule has 1 aromatic carbocycles. The number of nitrogens with zero attached hydrogens (tertiary/aromatic N) is 2. The van der Waals surface area contributed by atoms with E-state index in [-0.39, 0.29) is 11.9 Å². The summed E-state index contributed by atoms with van der Waals surface area (Å²) in [6.07, 6.45) is 2.59. The highest BCUT2D eigenvalue weighted by Gasteiger charge is 2.17. The van der Waals surface area contributed by atoms with Crippen molar-refractivity contribution in [3.05, 3.63) is 45.8 Å². The number of aromatic nitrogens is 2. The Bertz CT molecular complexity index is 784. The van der Waals surface area contributed by atoms with E-state index in [1.54, 1.807) is 6.07 Å². The largest absolute Gasteiger partial charge is 0.436 e. The van der Waals surface area contributed by atoms with Crippen molar-refractivity contribution in [1.82, 2.24) is 9.38 Å². The van der Waals surface area contributed by atoms with E-state index in [1.807, 2.05) is 22.9 Å². The van der Waals surface area contributed by atoms with Gasteiger partial charge in [0.1, 0.15) is 11.6 Å². The SMILES string of the molecule is CC(N)Cc1c(Oc2ccc(F)cc2Br)nc2sccn12. The lowest BCUT2D eigenvalue weighted by Gasteiger charge is -2.09. The van der Waals surface area contributed by atoms with Gasteiger partial charge in [0.25, 0.3) is 0 Å². The molecule has 0 radical (unpaired) electrons. The van der Waals surface area contributed by atoms with Gasteiger partial charge in [-0.2, -0.15) is 4.98 Å². The Kier molecular flexibility index (Phi) is 3.97. The molecule has 0 saturated heterocycles. The third-order valence-electron chi connectivity index (χ3n) is 2.94. The van der Waals surface area contributed by atoms with Crippen molar-refractivity contribution in [1.29, 1.82) is 0 Å². The minimum atomic E-state index is -0.323. The summed E-state index contributed by atoms with van der Waals surface area (Å²) in [6.45, 7) is 1.93. The number of fused-ring (bicyclic) bond motifs is 1. The molecule has 3 aromatic rings. The molecule has 0 fully saturated rings. The summed E-state index contributed by atoms with van der Waals surface area (Å²) in [5.41, 5.74) is 6.82. The number of imidazole rings is 1. The fourth-order valence-electron chi connectivity index (χ4n) is 2.05. The summed E-state index contributed by atoms with van der Waals surface area (Å²) >= 11 is 4.82. The molecule has 0 spiro atoms. The van der Waals surface area contributed by atoms with Crippen LogP contribution in [0, 0.1) is 5.82 Å². The highest BCUT2D eigenvalue weighted by atomic mass is 79.9. The first-order chi connectivity index (χ1) is 10.0. The van der Waals surface area contributed by atoms with Crippen LogP contribution in [-0.4, -0.2) is 15.4 Å². The minimum absolute atomic E-state index is 0.0104. The second-order valence-corrected chi connectivity index (χ2v) is 6.50. The molecule has 1 atom stereocenters.